The fourth-order valence-electron chi connectivity index (χ4n) is 2.61. The number of rotatable bonds is 0. The fraction of sp³-hybridized carbons (Fsp3) is 0.0625. The van der Waals surface area contributed by atoms with E-state index in [-0.39, 0.29) is 5.91 Å². The highest BCUT2D eigenvalue weighted by Gasteiger charge is 2.28. The number of nitrogens with one attached hydrogen (secondary N) is 1. The second-order valence-corrected chi connectivity index (χ2v) is 5.39. The second kappa shape index (κ2) is 4.27. The number of carbonyl (C=O) groups excluding carboxylic acids is 1. The summed E-state index contributed by atoms with van der Waals surface area (Å²) < 4.78 is 6.00. The van der Waals surface area contributed by atoms with Crippen LogP contribution in [-0.2, 0) is 0 Å². The van der Waals surface area contributed by atoms with E-state index in [1.165, 1.54) is 0 Å². The second-order valence-electron chi connectivity index (χ2n) is 4.95. The fourth-order valence-corrected chi connectivity index (χ4v) is 2.78. The van der Waals surface area contributed by atoms with Gasteiger partial charge in [-0.15, -0.1) is 0 Å². The van der Waals surface area contributed by atoms with Gasteiger partial charge in [-0.3, -0.25) is 4.79 Å². The van der Waals surface area contributed by atoms with Crippen molar-refractivity contribution in [2.24, 2.45) is 0 Å². The average Bonchev–Trinajstić information content (AvgIpc) is 2.79. The molecule has 4 nitrogen and oxygen atoms in total. The third kappa shape index (κ3) is 1.73. The van der Waals surface area contributed by atoms with E-state index in [1.807, 2.05) is 30.3 Å². The van der Waals surface area contributed by atoms with Crippen molar-refractivity contribution in [3.8, 4) is 11.5 Å². The number of fused-ring (bicyclic) bond motifs is 4. The maximum atomic E-state index is 12.6. The Kier molecular flexibility index (Phi) is 2.50. The van der Waals surface area contributed by atoms with Crippen LogP contribution in [0, 0.1) is 0 Å². The van der Waals surface area contributed by atoms with Gasteiger partial charge in [0.2, 0.25) is 0 Å². The zero-order valence-corrected chi connectivity index (χ0v) is 11.9. The van der Waals surface area contributed by atoms with Crippen molar-refractivity contribution in [2.45, 2.75) is 0 Å². The highest BCUT2D eigenvalue weighted by Crippen LogP contribution is 2.42. The van der Waals surface area contributed by atoms with Gasteiger partial charge in [-0.1, -0.05) is 23.7 Å². The Labute approximate surface area is 125 Å². The summed E-state index contributed by atoms with van der Waals surface area (Å²) in [6.07, 6.45) is 0. The van der Waals surface area contributed by atoms with Crippen LogP contribution in [-0.4, -0.2) is 17.9 Å². The van der Waals surface area contributed by atoms with Gasteiger partial charge in [-0.25, -0.2) is 0 Å². The molecule has 0 fully saturated rings. The Bertz CT molecular complexity index is 885. The van der Waals surface area contributed by atoms with Gasteiger partial charge < -0.3 is 14.6 Å². The lowest BCUT2D eigenvalue weighted by atomic mass is 10.2. The molecule has 21 heavy (non-hydrogen) atoms. The Morgan fingerprint density at radius 2 is 2.00 bits per heavy atom. The summed E-state index contributed by atoms with van der Waals surface area (Å²) in [6, 6.07) is 12.9. The minimum atomic E-state index is -0.137. The number of hydrogen-bond acceptors (Lipinski definition) is 2. The van der Waals surface area contributed by atoms with Gasteiger partial charge in [0.15, 0.2) is 11.5 Å². The number of nitrogens with zero attached hydrogens (tertiary/aromatic N) is 1. The summed E-state index contributed by atoms with van der Waals surface area (Å²) in [5, 5.41) is 1.45. The molecular weight excluding hydrogens is 288 g/mol. The van der Waals surface area contributed by atoms with Crippen molar-refractivity contribution >= 4 is 34.1 Å². The molecule has 2 aromatic carbocycles. The number of halogens is 1. The lowest BCUT2D eigenvalue weighted by Crippen LogP contribution is -2.25. The summed E-state index contributed by atoms with van der Waals surface area (Å²) >= 11 is 6.00. The van der Waals surface area contributed by atoms with Gasteiger partial charge in [0.05, 0.1) is 11.2 Å². The average molecular weight is 299 g/mol. The monoisotopic (exact) mass is 298 g/mol. The first kappa shape index (κ1) is 12.3. The Balaban J connectivity index is 2.03. The SMILES string of the molecule is CN1C(=O)c2[nH]c3cc(Cl)ccc3c2Oc2ccccc21. The van der Waals surface area contributed by atoms with Crippen molar-refractivity contribution in [3.63, 3.8) is 0 Å². The molecule has 0 bridgehead atoms. The number of H-pyrrole nitrogens is 1. The van der Waals surface area contributed by atoms with Crippen molar-refractivity contribution < 1.29 is 9.53 Å². The van der Waals surface area contributed by atoms with Crippen LogP contribution in [0.2, 0.25) is 5.02 Å². The molecule has 1 amide bonds. The molecule has 1 aliphatic heterocycles. The summed E-state index contributed by atoms with van der Waals surface area (Å²) in [5.41, 5.74) is 1.97. The van der Waals surface area contributed by atoms with Gasteiger partial charge in [-0.2, -0.15) is 0 Å². The topological polar surface area (TPSA) is 45.3 Å². The number of carbonyl (C=O) groups is 1. The van der Waals surface area contributed by atoms with E-state index in [2.05, 4.69) is 4.98 Å². The van der Waals surface area contributed by atoms with Crippen molar-refractivity contribution in [3.05, 3.63) is 53.2 Å². The Morgan fingerprint density at radius 3 is 2.86 bits per heavy atom. The van der Waals surface area contributed by atoms with Crippen LogP contribution in [0.4, 0.5) is 5.69 Å². The number of ether oxygens (including phenoxy) is 1. The molecule has 0 unspecified atom stereocenters. The molecule has 1 aliphatic rings. The Hall–Kier alpha value is -2.46. The third-order valence-electron chi connectivity index (χ3n) is 3.67. The van der Waals surface area contributed by atoms with Crippen molar-refractivity contribution in [2.75, 3.05) is 11.9 Å². The molecule has 1 aromatic heterocycles. The highest BCUT2D eigenvalue weighted by molar-refractivity contribution is 6.31. The number of hydrogen-bond donors (Lipinski definition) is 1. The quantitative estimate of drug-likeness (QED) is 0.676. The van der Waals surface area contributed by atoms with Crippen molar-refractivity contribution in [1.29, 1.82) is 0 Å². The summed E-state index contributed by atoms with van der Waals surface area (Å²) in [4.78, 5) is 17.3. The number of aromatic amines is 1. The van der Waals surface area contributed by atoms with Crippen molar-refractivity contribution in [1.82, 2.24) is 4.98 Å². The van der Waals surface area contributed by atoms with Gasteiger partial charge in [-0.05, 0) is 30.3 Å². The predicted octanol–water partition coefficient (Wildman–Crippen LogP) is 4.20. The van der Waals surface area contributed by atoms with E-state index in [0.29, 0.717) is 22.2 Å². The maximum Gasteiger partial charge on any atom is 0.278 e. The van der Waals surface area contributed by atoms with E-state index in [4.69, 9.17) is 16.3 Å². The minimum absolute atomic E-state index is 0.137. The van der Waals surface area contributed by atoms with Crippen LogP contribution >= 0.6 is 11.6 Å². The van der Waals surface area contributed by atoms with Gasteiger partial charge in [0, 0.05) is 17.5 Å². The number of aromatic nitrogens is 1. The molecule has 0 aliphatic carbocycles. The number of amides is 1. The molecule has 3 aromatic rings. The van der Waals surface area contributed by atoms with Crippen LogP contribution in [0.5, 0.6) is 11.5 Å². The molecule has 2 heterocycles. The third-order valence-corrected chi connectivity index (χ3v) is 3.91. The lowest BCUT2D eigenvalue weighted by Gasteiger charge is -2.15. The van der Waals surface area contributed by atoms with Gasteiger partial charge in [0.1, 0.15) is 5.69 Å². The molecule has 1 N–H and O–H groups in total. The lowest BCUT2D eigenvalue weighted by molar-refractivity contribution is 0.0989. The standard InChI is InChI=1S/C16H11ClN2O2/c1-19-12-4-2-3-5-13(12)21-15-10-7-6-9(17)8-11(10)18-14(15)16(19)20/h2-8,18H,1H3. The van der Waals surface area contributed by atoms with E-state index in [9.17, 15) is 4.79 Å². The normalized spacial score (nSPS) is 13.6. The zero-order valence-electron chi connectivity index (χ0n) is 11.2. The molecule has 0 spiro atoms. The minimum Gasteiger partial charge on any atom is -0.452 e. The van der Waals surface area contributed by atoms with Gasteiger partial charge in [0.25, 0.3) is 5.91 Å². The summed E-state index contributed by atoms with van der Waals surface area (Å²) in [6.45, 7) is 0. The largest absolute Gasteiger partial charge is 0.452 e. The first-order valence-corrected chi connectivity index (χ1v) is 6.89. The number of para-hydroxylation sites is 2. The van der Waals surface area contributed by atoms with Gasteiger partial charge >= 0.3 is 0 Å². The van der Waals surface area contributed by atoms with E-state index < -0.39 is 0 Å². The van der Waals surface area contributed by atoms with E-state index in [1.54, 1.807) is 24.1 Å². The van der Waals surface area contributed by atoms with Crippen LogP contribution in [0.15, 0.2) is 42.5 Å². The molecule has 0 radical (unpaired) electrons. The van der Waals surface area contributed by atoms with Crippen LogP contribution in [0.3, 0.4) is 0 Å². The van der Waals surface area contributed by atoms with Crippen LogP contribution in [0.25, 0.3) is 10.9 Å². The zero-order chi connectivity index (χ0) is 14.6. The summed E-state index contributed by atoms with van der Waals surface area (Å²) in [7, 11) is 1.73. The first-order chi connectivity index (χ1) is 10.1. The summed E-state index contributed by atoms with van der Waals surface area (Å²) in [5.74, 6) is 1.06. The van der Waals surface area contributed by atoms with E-state index >= 15 is 0 Å². The van der Waals surface area contributed by atoms with Crippen LogP contribution < -0.4 is 9.64 Å². The molecule has 5 heteroatoms. The molecule has 0 saturated heterocycles. The molecule has 104 valence electrons. The predicted molar refractivity (Wildman–Crippen MR) is 82.6 cm³/mol. The number of benzene rings is 2. The van der Waals surface area contributed by atoms with Crippen LogP contribution in [0.1, 0.15) is 10.5 Å². The Morgan fingerprint density at radius 1 is 1.19 bits per heavy atom. The molecule has 0 saturated carbocycles. The smallest absolute Gasteiger partial charge is 0.278 e. The first-order valence-electron chi connectivity index (χ1n) is 6.51. The number of anilines is 1. The molecule has 4 rings (SSSR count). The molecule has 0 atom stereocenters. The van der Waals surface area contributed by atoms with E-state index in [0.717, 1.165) is 16.6 Å². The maximum absolute atomic E-state index is 12.6. The molecular formula is C16H11ClN2O2. The highest BCUT2D eigenvalue weighted by atomic mass is 35.5.